The molecule has 0 saturated carbocycles. The first-order chi connectivity index (χ1) is 7.61. The van der Waals surface area contributed by atoms with E-state index >= 15 is 0 Å². The highest BCUT2D eigenvalue weighted by molar-refractivity contribution is 7.98. The number of hydrogen-bond donors (Lipinski definition) is 1. The van der Waals surface area contributed by atoms with E-state index in [0.29, 0.717) is 11.8 Å². The van der Waals surface area contributed by atoms with Crippen molar-refractivity contribution < 1.29 is 4.79 Å². The summed E-state index contributed by atoms with van der Waals surface area (Å²) in [5.74, 6) is 1.85. The van der Waals surface area contributed by atoms with Crippen molar-refractivity contribution in [3.05, 3.63) is 0 Å². The van der Waals surface area contributed by atoms with Crippen LogP contribution in [0, 0.1) is 5.92 Å². The van der Waals surface area contributed by atoms with Gasteiger partial charge >= 0.3 is 0 Å². The van der Waals surface area contributed by atoms with Gasteiger partial charge in [-0.15, -0.1) is 0 Å². The lowest BCUT2D eigenvalue weighted by Gasteiger charge is -2.20. The van der Waals surface area contributed by atoms with E-state index in [1.54, 1.807) is 0 Å². The Morgan fingerprint density at radius 3 is 2.81 bits per heavy atom. The first-order valence-electron chi connectivity index (χ1n) is 6.17. The van der Waals surface area contributed by atoms with E-state index in [2.05, 4.69) is 32.3 Å². The quantitative estimate of drug-likeness (QED) is 0.725. The van der Waals surface area contributed by atoms with Crippen LogP contribution in [-0.4, -0.2) is 41.6 Å². The number of nitrogens with zero attached hydrogens (tertiary/aromatic N) is 1. The largest absolute Gasteiger partial charge is 0.326 e. The molecule has 1 fully saturated rings. The van der Waals surface area contributed by atoms with Crippen LogP contribution in [0.4, 0.5) is 0 Å². The van der Waals surface area contributed by atoms with Gasteiger partial charge in [0, 0.05) is 6.54 Å². The lowest BCUT2D eigenvalue weighted by Crippen LogP contribution is -2.36. The highest BCUT2D eigenvalue weighted by Crippen LogP contribution is 2.19. The Morgan fingerprint density at radius 1 is 1.56 bits per heavy atom. The van der Waals surface area contributed by atoms with E-state index in [0.717, 1.165) is 25.1 Å². The van der Waals surface area contributed by atoms with Crippen LogP contribution in [0.15, 0.2) is 0 Å². The molecule has 3 nitrogen and oxygen atoms in total. The third-order valence-corrected chi connectivity index (χ3v) is 4.09. The normalized spacial score (nSPS) is 27.5. The highest BCUT2D eigenvalue weighted by Gasteiger charge is 2.38. The number of amides is 1. The molecule has 1 saturated heterocycles. The van der Waals surface area contributed by atoms with Gasteiger partial charge in [-0.25, -0.2) is 0 Å². The summed E-state index contributed by atoms with van der Waals surface area (Å²) < 4.78 is 0. The van der Waals surface area contributed by atoms with Gasteiger partial charge in [-0.2, -0.15) is 11.8 Å². The summed E-state index contributed by atoms with van der Waals surface area (Å²) in [6, 6.07) is 0.0364. The Hall–Kier alpha value is -0.220. The van der Waals surface area contributed by atoms with Gasteiger partial charge in [-0.1, -0.05) is 20.3 Å². The lowest BCUT2D eigenvalue weighted by atomic mass is 9.99. The second kappa shape index (κ2) is 6.50. The summed E-state index contributed by atoms with van der Waals surface area (Å²) in [4.78, 5) is 14.2. The van der Waals surface area contributed by atoms with Crippen molar-refractivity contribution >= 4 is 17.7 Å². The van der Waals surface area contributed by atoms with Gasteiger partial charge in [0.1, 0.15) is 0 Å². The molecule has 0 bridgehead atoms. The number of nitrogens with one attached hydrogen (secondary N) is 1. The molecule has 0 radical (unpaired) electrons. The molecule has 16 heavy (non-hydrogen) atoms. The zero-order chi connectivity index (χ0) is 12.1. The van der Waals surface area contributed by atoms with Gasteiger partial charge in [0.25, 0.3) is 0 Å². The molecule has 0 spiro atoms. The molecule has 94 valence electrons. The molecule has 1 heterocycles. The molecule has 3 unspecified atom stereocenters. The van der Waals surface area contributed by atoms with Crippen LogP contribution in [0.5, 0.6) is 0 Å². The Bertz CT molecular complexity index is 235. The van der Waals surface area contributed by atoms with Crippen LogP contribution in [0.1, 0.15) is 33.6 Å². The Labute approximate surface area is 103 Å². The number of hydrogen-bond acceptors (Lipinski definition) is 3. The van der Waals surface area contributed by atoms with Crippen molar-refractivity contribution in [2.24, 2.45) is 5.92 Å². The van der Waals surface area contributed by atoms with Gasteiger partial charge in [-0.3, -0.25) is 10.1 Å². The molecule has 0 aromatic rings. The van der Waals surface area contributed by atoms with Gasteiger partial charge in [0.15, 0.2) is 0 Å². The predicted molar refractivity (Wildman–Crippen MR) is 70.6 cm³/mol. The zero-order valence-corrected chi connectivity index (χ0v) is 11.6. The number of thioether (sulfide) groups is 1. The molecule has 0 aromatic carbocycles. The summed E-state index contributed by atoms with van der Waals surface area (Å²) in [6.07, 6.45) is 4.45. The lowest BCUT2D eigenvalue weighted by molar-refractivity contribution is -0.130. The van der Waals surface area contributed by atoms with E-state index in [1.807, 2.05) is 16.7 Å². The summed E-state index contributed by atoms with van der Waals surface area (Å²) in [5, 5.41) is 3.40. The fourth-order valence-corrected chi connectivity index (χ4v) is 2.53. The molecule has 0 aliphatic carbocycles. The molecule has 0 aromatic heterocycles. The van der Waals surface area contributed by atoms with Gasteiger partial charge in [0.05, 0.1) is 12.2 Å². The summed E-state index contributed by atoms with van der Waals surface area (Å²) in [6.45, 7) is 7.26. The van der Waals surface area contributed by atoms with Crippen molar-refractivity contribution in [3.8, 4) is 0 Å². The molecular formula is C12H24N2OS. The summed E-state index contributed by atoms with van der Waals surface area (Å²) >= 11 is 1.84. The van der Waals surface area contributed by atoms with Crippen molar-refractivity contribution in [2.45, 2.75) is 45.8 Å². The molecular weight excluding hydrogens is 220 g/mol. The fourth-order valence-electron chi connectivity index (χ4n) is 2.12. The number of carbonyl (C=O) groups excluding carboxylic acids is 1. The maximum atomic E-state index is 12.2. The summed E-state index contributed by atoms with van der Waals surface area (Å²) in [5.41, 5.74) is 0. The number of rotatable bonds is 6. The van der Waals surface area contributed by atoms with E-state index in [4.69, 9.17) is 0 Å². The first kappa shape index (κ1) is 13.8. The summed E-state index contributed by atoms with van der Waals surface area (Å²) in [7, 11) is 0. The fraction of sp³-hybridized carbons (Fsp3) is 0.917. The molecule has 4 heteroatoms. The Morgan fingerprint density at radius 2 is 2.25 bits per heavy atom. The third-order valence-electron chi connectivity index (χ3n) is 3.40. The van der Waals surface area contributed by atoms with Crippen LogP contribution >= 0.6 is 11.8 Å². The topological polar surface area (TPSA) is 32.3 Å². The molecule has 1 aliphatic heterocycles. The first-order valence-corrected chi connectivity index (χ1v) is 7.56. The standard InChI is InChI=1S/C12H24N2OS/c1-5-9(2)11-12(15)14(10(3)13-11)7-6-8-16-4/h9-11,13H,5-8H2,1-4H3. The van der Waals surface area contributed by atoms with Gasteiger partial charge < -0.3 is 4.90 Å². The predicted octanol–water partition coefficient (Wildman–Crippen LogP) is 1.93. The van der Waals surface area contributed by atoms with Crippen molar-refractivity contribution in [2.75, 3.05) is 18.6 Å². The van der Waals surface area contributed by atoms with E-state index in [-0.39, 0.29) is 12.2 Å². The maximum Gasteiger partial charge on any atom is 0.241 e. The third kappa shape index (κ3) is 3.14. The SMILES string of the molecule is CCC(C)C1NC(C)N(CCCSC)C1=O. The minimum absolute atomic E-state index is 0.0364. The van der Waals surface area contributed by atoms with Crippen LogP contribution in [0.25, 0.3) is 0 Å². The maximum absolute atomic E-state index is 12.2. The van der Waals surface area contributed by atoms with Crippen LogP contribution < -0.4 is 5.32 Å². The second-order valence-electron chi connectivity index (χ2n) is 4.58. The molecule has 1 N–H and O–H groups in total. The Kier molecular flexibility index (Phi) is 5.62. The minimum Gasteiger partial charge on any atom is -0.326 e. The van der Waals surface area contributed by atoms with E-state index in [1.165, 1.54) is 0 Å². The van der Waals surface area contributed by atoms with Gasteiger partial charge in [-0.05, 0) is 31.3 Å². The van der Waals surface area contributed by atoms with E-state index < -0.39 is 0 Å². The van der Waals surface area contributed by atoms with Gasteiger partial charge in [0.2, 0.25) is 5.91 Å². The van der Waals surface area contributed by atoms with Crippen LogP contribution in [0.2, 0.25) is 0 Å². The van der Waals surface area contributed by atoms with Crippen molar-refractivity contribution in [3.63, 3.8) is 0 Å². The molecule has 1 aliphatic rings. The zero-order valence-electron chi connectivity index (χ0n) is 10.8. The van der Waals surface area contributed by atoms with Crippen LogP contribution in [-0.2, 0) is 4.79 Å². The average Bonchev–Trinajstić information content (AvgIpc) is 2.56. The molecule has 1 rings (SSSR count). The van der Waals surface area contributed by atoms with Crippen LogP contribution in [0.3, 0.4) is 0 Å². The number of carbonyl (C=O) groups is 1. The average molecular weight is 244 g/mol. The Balaban J connectivity index is 2.50. The van der Waals surface area contributed by atoms with Crippen molar-refractivity contribution in [1.82, 2.24) is 10.2 Å². The monoisotopic (exact) mass is 244 g/mol. The van der Waals surface area contributed by atoms with E-state index in [9.17, 15) is 4.79 Å². The van der Waals surface area contributed by atoms with Crippen molar-refractivity contribution in [1.29, 1.82) is 0 Å². The second-order valence-corrected chi connectivity index (χ2v) is 5.57. The molecule has 1 amide bonds. The minimum atomic E-state index is 0.0364. The highest BCUT2D eigenvalue weighted by atomic mass is 32.2. The molecule has 3 atom stereocenters. The smallest absolute Gasteiger partial charge is 0.241 e.